The van der Waals surface area contributed by atoms with Crippen LogP contribution in [0.25, 0.3) is 10.9 Å². The van der Waals surface area contributed by atoms with Gasteiger partial charge >= 0.3 is 0 Å². The lowest BCUT2D eigenvalue weighted by Crippen LogP contribution is -2.47. The van der Waals surface area contributed by atoms with Gasteiger partial charge in [-0.05, 0) is 59.5 Å². The molecular weight excluding hydrogens is 486 g/mol. The summed E-state index contributed by atoms with van der Waals surface area (Å²) in [6.45, 7) is 1.38. The predicted octanol–water partition coefficient (Wildman–Crippen LogP) is 4.66. The number of pyridine rings is 1. The van der Waals surface area contributed by atoms with Gasteiger partial charge in [0, 0.05) is 47.6 Å². The van der Waals surface area contributed by atoms with Gasteiger partial charge in [-0.25, -0.2) is 9.97 Å². The van der Waals surface area contributed by atoms with Crippen LogP contribution in [-0.2, 0) is 0 Å². The van der Waals surface area contributed by atoms with Crippen LogP contribution >= 0.6 is 31.9 Å². The Morgan fingerprint density at radius 3 is 2.75 bits per heavy atom. The summed E-state index contributed by atoms with van der Waals surface area (Å²) in [5.74, 6) is 0.619. The molecule has 2 aromatic heterocycles. The van der Waals surface area contributed by atoms with Crippen LogP contribution in [-0.4, -0.2) is 44.9 Å². The number of piperidine rings is 1. The van der Waals surface area contributed by atoms with Crippen LogP contribution in [0.3, 0.4) is 0 Å². The van der Waals surface area contributed by atoms with Crippen molar-refractivity contribution >= 4 is 54.6 Å². The molecule has 0 bridgehead atoms. The smallest absolute Gasteiger partial charge is 0.254 e. The number of rotatable bonds is 4. The highest BCUT2D eigenvalue weighted by Gasteiger charge is 2.28. The van der Waals surface area contributed by atoms with E-state index >= 15 is 0 Å². The number of hydrogen-bond acceptors (Lipinski definition) is 5. The van der Waals surface area contributed by atoms with Crippen molar-refractivity contribution in [2.45, 2.75) is 25.3 Å². The van der Waals surface area contributed by atoms with Gasteiger partial charge in [0.15, 0.2) is 0 Å². The zero-order chi connectivity index (χ0) is 19.5. The minimum Gasteiger partial charge on any atom is -0.352 e. The van der Waals surface area contributed by atoms with Crippen LogP contribution in [0.2, 0.25) is 0 Å². The molecule has 3 aromatic rings. The number of benzene rings is 1. The molecule has 1 unspecified atom stereocenters. The van der Waals surface area contributed by atoms with E-state index in [1.165, 1.54) is 0 Å². The quantitative estimate of drug-likeness (QED) is 0.559. The number of halogens is 2. The van der Waals surface area contributed by atoms with Crippen molar-refractivity contribution in [3.05, 3.63) is 57.4 Å². The molecule has 3 heterocycles. The van der Waals surface area contributed by atoms with Gasteiger partial charge in [0.25, 0.3) is 5.91 Å². The predicted molar refractivity (Wildman–Crippen MR) is 116 cm³/mol. The third-order valence-corrected chi connectivity index (χ3v) is 5.84. The monoisotopic (exact) mass is 503 g/mol. The summed E-state index contributed by atoms with van der Waals surface area (Å²) in [6, 6.07) is 7.74. The Labute approximate surface area is 180 Å². The van der Waals surface area contributed by atoms with Crippen molar-refractivity contribution in [3.8, 4) is 0 Å². The van der Waals surface area contributed by atoms with Crippen LogP contribution in [0.5, 0.6) is 0 Å². The van der Waals surface area contributed by atoms with Crippen molar-refractivity contribution in [2.75, 3.05) is 18.4 Å². The van der Waals surface area contributed by atoms with E-state index in [2.05, 4.69) is 52.1 Å². The van der Waals surface area contributed by atoms with Crippen molar-refractivity contribution in [1.29, 1.82) is 0 Å². The summed E-state index contributed by atoms with van der Waals surface area (Å²) < 4.78 is 1.77. The fourth-order valence-corrected chi connectivity index (χ4v) is 4.12. The Balaban J connectivity index is 1.56. The molecule has 1 amide bonds. The number of carbonyl (C=O) groups is 1. The lowest BCUT2D eigenvalue weighted by atomic mass is 9.99. The molecule has 4 rings (SSSR count). The molecule has 0 radical (unpaired) electrons. The van der Waals surface area contributed by atoms with Crippen molar-refractivity contribution in [2.24, 2.45) is 0 Å². The first-order chi connectivity index (χ1) is 13.6. The molecule has 8 heteroatoms. The molecule has 1 aromatic carbocycles. The molecule has 1 atom stereocenters. The molecule has 1 saturated heterocycles. The fourth-order valence-electron chi connectivity index (χ4n) is 3.55. The number of hydrogen-bond donors (Lipinski definition) is 1. The van der Waals surface area contributed by atoms with E-state index < -0.39 is 0 Å². The highest BCUT2D eigenvalue weighted by Crippen LogP contribution is 2.26. The van der Waals surface area contributed by atoms with Crippen LogP contribution < -0.4 is 5.32 Å². The van der Waals surface area contributed by atoms with Crippen molar-refractivity contribution in [3.63, 3.8) is 0 Å². The maximum atomic E-state index is 13.4. The molecule has 144 valence electrons. The molecule has 28 heavy (non-hydrogen) atoms. The normalized spacial score (nSPS) is 16.9. The van der Waals surface area contributed by atoms with Gasteiger partial charge in [0.1, 0.15) is 0 Å². The topological polar surface area (TPSA) is 71.0 Å². The molecule has 0 aliphatic carbocycles. The van der Waals surface area contributed by atoms with Crippen LogP contribution in [0.1, 0.15) is 29.6 Å². The number of likely N-dealkylation sites (tertiary alicyclic amines) is 1. The first-order valence-corrected chi connectivity index (χ1v) is 10.8. The zero-order valence-electron chi connectivity index (χ0n) is 15.1. The molecule has 6 nitrogen and oxygen atoms in total. The second-order valence-corrected chi connectivity index (χ2v) is 8.61. The second-order valence-electron chi connectivity index (χ2n) is 6.77. The van der Waals surface area contributed by atoms with E-state index in [9.17, 15) is 4.79 Å². The number of nitrogens with one attached hydrogen (secondary N) is 1. The van der Waals surface area contributed by atoms with Gasteiger partial charge < -0.3 is 10.2 Å². The lowest BCUT2D eigenvalue weighted by molar-refractivity contribution is 0.0630. The third-order valence-electron chi connectivity index (χ3n) is 4.94. The summed E-state index contributed by atoms with van der Waals surface area (Å²) in [5, 5.41) is 4.14. The number of nitrogens with zero attached hydrogens (tertiary/aromatic N) is 4. The Hall–Kier alpha value is -2.06. The van der Waals surface area contributed by atoms with Gasteiger partial charge in [0.2, 0.25) is 5.95 Å². The number of aromatic nitrogens is 3. The Morgan fingerprint density at radius 2 is 1.93 bits per heavy atom. The molecule has 1 fully saturated rings. The van der Waals surface area contributed by atoms with Crippen molar-refractivity contribution in [1.82, 2.24) is 19.9 Å². The summed E-state index contributed by atoms with van der Waals surface area (Å²) in [7, 11) is 0. The molecule has 0 spiro atoms. The highest BCUT2D eigenvalue weighted by atomic mass is 79.9. The first-order valence-electron chi connectivity index (χ1n) is 9.18. The lowest BCUT2D eigenvalue weighted by Gasteiger charge is -2.36. The highest BCUT2D eigenvalue weighted by molar-refractivity contribution is 9.10. The molecule has 0 saturated carbocycles. The number of fused-ring (bicyclic) bond motifs is 1. The molecule has 1 aliphatic rings. The summed E-state index contributed by atoms with van der Waals surface area (Å²) >= 11 is 6.84. The minimum atomic E-state index is 0.0497. The third kappa shape index (κ3) is 4.17. The van der Waals surface area contributed by atoms with Gasteiger partial charge in [-0.1, -0.05) is 15.9 Å². The van der Waals surface area contributed by atoms with Crippen molar-refractivity contribution < 1.29 is 4.79 Å². The van der Waals surface area contributed by atoms with E-state index in [1.807, 2.05) is 29.2 Å². The van der Waals surface area contributed by atoms with Crippen LogP contribution in [0.4, 0.5) is 5.95 Å². The van der Waals surface area contributed by atoms with E-state index in [1.54, 1.807) is 18.6 Å². The summed E-state index contributed by atoms with van der Waals surface area (Å²) in [5.41, 5.74) is 1.52. The fraction of sp³-hybridized carbons (Fsp3) is 0.300. The van der Waals surface area contributed by atoms with Gasteiger partial charge in [-0.2, -0.15) is 0 Å². The van der Waals surface area contributed by atoms with Crippen LogP contribution in [0, 0.1) is 0 Å². The average Bonchev–Trinajstić information content (AvgIpc) is 2.72. The first kappa shape index (κ1) is 19.3. The zero-order valence-corrected chi connectivity index (χ0v) is 18.3. The van der Waals surface area contributed by atoms with Gasteiger partial charge in [0.05, 0.1) is 15.6 Å². The number of amides is 1. The average molecular weight is 505 g/mol. The molecule has 1 N–H and O–H groups in total. The number of anilines is 1. The van der Waals surface area contributed by atoms with E-state index in [-0.39, 0.29) is 11.9 Å². The van der Waals surface area contributed by atoms with Crippen LogP contribution in [0.15, 0.2) is 51.8 Å². The van der Waals surface area contributed by atoms with Gasteiger partial charge in [-0.3, -0.25) is 9.78 Å². The Bertz CT molecular complexity index is 996. The van der Waals surface area contributed by atoms with E-state index in [0.29, 0.717) is 18.1 Å². The second kappa shape index (κ2) is 8.53. The minimum absolute atomic E-state index is 0.0497. The Kier molecular flexibility index (Phi) is 5.87. The summed E-state index contributed by atoms with van der Waals surface area (Å²) in [6.07, 6.45) is 8.21. The standard InChI is InChI=1S/C20H19Br2N5O/c21-13-4-5-18-17(9-13)16(6-7-23-18)19(28)27-8-2-1-3-15(27)12-26-20-24-10-14(22)11-25-20/h4-7,9-11,15H,1-3,8,12H2,(H,24,25,26). The summed E-state index contributed by atoms with van der Waals surface area (Å²) in [4.78, 5) is 28.3. The maximum absolute atomic E-state index is 13.4. The van der Waals surface area contributed by atoms with E-state index in [4.69, 9.17) is 0 Å². The number of carbonyl (C=O) groups excluding carboxylic acids is 1. The van der Waals surface area contributed by atoms with Gasteiger partial charge in [-0.15, -0.1) is 0 Å². The van der Waals surface area contributed by atoms with E-state index in [0.717, 1.165) is 45.7 Å². The molecule has 1 aliphatic heterocycles. The molecular formula is C20H19Br2N5O. The SMILES string of the molecule is O=C(c1ccnc2ccc(Br)cc12)N1CCCCC1CNc1ncc(Br)cn1. The Morgan fingerprint density at radius 1 is 1.11 bits per heavy atom. The largest absolute Gasteiger partial charge is 0.352 e. The maximum Gasteiger partial charge on any atom is 0.254 e.